The molecule has 0 unspecified atom stereocenters. The van der Waals surface area contributed by atoms with E-state index in [1.807, 2.05) is 0 Å². The third-order valence-corrected chi connectivity index (χ3v) is 5.53. The molecule has 9 nitrogen and oxygen atoms in total. The molecule has 2 heterocycles. The van der Waals surface area contributed by atoms with E-state index < -0.39 is 10.0 Å². The van der Waals surface area contributed by atoms with Crippen LogP contribution in [0.1, 0.15) is 0 Å². The molecule has 28 heavy (non-hydrogen) atoms. The number of benzene rings is 2. The summed E-state index contributed by atoms with van der Waals surface area (Å²) in [6.45, 7) is 0. The first-order chi connectivity index (χ1) is 13.5. The molecule has 0 aliphatic carbocycles. The second kappa shape index (κ2) is 6.82. The molecule has 2 aromatic carbocycles. The van der Waals surface area contributed by atoms with Gasteiger partial charge >= 0.3 is 0 Å². The fourth-order valence-corrected chi connectivity index (χ4v) is 3.75. The van der Waals surface area contributed by atoms with Crippen molar-refractivity contribution in [3.63, 3.8) is 0 Å². The van der Waals surface area contributed by atoms with Gasteiger partial charge in [-0.25, -0.2) is 23.1 Å². The maximum atomic E-state index is 12.5. The Kier molecular flexibility index (Phi) is 4.32. The number of sulfonamides is 1. The van der Waals surface area contributed by atoms with E-state index >= 15 is 0 Å². The van der Waals surface area contributed by atoms with Crippen molar-refractivity contribution in [2.45, 2.75) is 4.90 Å². The molecule has 10 heteroatoms. The zero-order chi connectivity index (χ0) is 19.7. The summed E-state index contributed by atoms with van der Waals surface area (Å²) < 4.78 is 34.3. The van der Waals surface area contributed by atoms with Crippen molar-refractivity contribution in [3.8, 4) is 11.4 Å². The maximum Gasteiger partial charge on any atom is 0.261 e. The normalized spacial score (nSPS) is 11.5. The summed E-state index contributed by atoms with van der Waals surface area (Å²) in [4.78, 5) is 8.28. The van der Waals surface area contributed by atoms with Gasteiger partial charge in [0.05, 0.1) is 29.3 Å². The highest BCUT2D eigenvalue weighted by Crippen LogP contribution is 2.22. The van der Waals surface area contributed by atoms with Crippen LogP contribution in [0, 0.1) is 0 Å². The van der Waals surface area contributed by atoms with Gasteiger partial charge in [-0.2, -0.15) is 5.10 Å². The van der Waals surface area contributed by atoms with Gasteiger partial charge in [0.25, 0.3) is 10.0 Å². The van der Waals surface area contributed by atoms with Gasteiger partial charge in [0.1, 0.15) is 17.9 Å². The van der Waals surface area contributed by atoms with E-state index in [9.17, 15) is 8.42 Å². The Bertz CT molecular complexity index is 1230. The third-order valence-electron chi connectivity index (χ3n) is 4.13. The van der Waals surface area contributed by atoms with Crippen molar-refractivity contribution in [3.05, 3.63) is 61.1 Å². The van der Waals surface area contributed by atoms with Crippen LogP contribution < -0.4 is 15.2 Å². The van der Waals surface area contributed by atoms with Crippen LogP contribution in [0.25, 0.3) is 16.7 Å². The number of nitrogen functional groups attached to an aromatic ring is 1. The third kappa shape index (κ3) is 3.21. The average Bonchev–Trinajstić information content (AvgIpc) is 3.14. The number of aromatic nitrogens is 4. The van der Waals surface area contributed by atoms with Crippen molar-refractivity contribution in [2.75, 3.05) is 17.6 Å². The van der Waals surface area contributed by atoms with Gasteiger partial charge in [0.2, 0.25) is 0 Å². The van der Waals surface area contributed by atoms with Crippen molar-refractivity contribution >= 4 is 32.6 Å². The molecule has 0 aliphatic rings. The molecule has 3 N–H and O–H groups in total. The first kappa shape index (κ1) is 17.7. The second-order valence-corrected chi connectivity index (χ2v) is 7.56. The van der Waals surface area contributed by atoms with Crippen LogP contribution in [0.2, 0.25) is 0 Å². The lowest BCUT2D eigenvalue weighted by molar-refractivity contribution is 0.414. The molecule has 0 fully saturated rings. The number of nitrogens with one attached hydrogen (secondary N) is 1. The number of hydrogen-bond donors (Lipinski definition) is 2. The summed E-state index contributed by atoms with van der Waals surface area (Å²) in [6.07, 6.45) is 2.96. The number of ether oxygens (including phenoxy) is 1. The minimum absolute atomic E-state index is 0.141. The average molecular weight is 396 g/mol. The number of rotatable bonds is 5. The highest BCUT2D eigenvalue weighted by molar-refractivity contribution is 7.92. The fraction of sp³-hybridized carbons (Fsp3) is 0.0556. The van der Waals surface area contributed by atoms with E-state index in [0.717, 1.165) is 0 Å². The van der Waals surface area contributed by atoms with Crippen LogP contribution in [-0.2, 0) is 10.0 Å². The Morgan fingerprint density at radius 3 is 2.43 bits per heavy atom. The molecular formula is C18H16N6O3S. The van der Waals surface area contributed by atoms with Gasteiger partial charge in [0, 0.05) is 5.69 Å². The topological polar surface area (TPSA) is 125 Å². The van der Waals surface area contributed by atoms with Crippen molar-refractivity contribution in [1.29, 1.82) is 0 Å². The Morgan fingerprint density at radius 2 is 1.75 bits per heavy atom. The summed E-state index contributed by atoms with van der Waals surface area (Å²) in [7, 11) is -2.19. The molecule has 0 saturated heterocycles. The number of methoxy groups -OCH3 is 1. The van der Waals surface area contributed by atoms with Crippen LogP contribution >= 0.6 is 0 Å². The van der Waals surface area contributed by atoms with Gasteiger partial charge in [-0.3, -0.25) is 4.72 Å². The van der Waals surface area contributed by atoms with Crippen LogP contribution in [0.5, 0.6) is 5.75 Å². The lowest BCUT2D eigenvalue weighted by atomic mass is 10.3. The van der Waals surface area contributed by atoms with Gasteiger partial charge in [-0.1, -0.05) is 0 Å². The largest absolute Gasteiger partial charge is 0.497 e. The first-order valence-corrected chi connectivity index (χ1v) is 9.68. The summed E-state index contributed by atoms with van der Waals surface area (Å²) >= 11 is 0. The van der Waals surface area contributed by atoms with E-state index in [1.165, 1.54) is 25.6 Å². The van der Waals surface area contributed by atoms with Crippen molar-refractivity contribution in [2.24, 2.45) is 0 Å². The Hall–Kier alpha value is -3.66. The highest BCUT2D eigenvalue weighted by Gasteiger charge is 2.15. The van der Waals surface area contributed by atoms with E-state index in [1.54, 1.807) is 47.3 Å². The molecular weight excluding hydrogens is 380 g/mol. The van der Waals surface area contributed by atoms with E-state index in [2.05, 4.69) is 19.8 Å². The molecule has 142 valence electrons. The monoisotopic (exact) mass is 396 g/mol. The molecule has 0 radical (unpaired) electrons. The molecule has 0 bridgehead atoms. The van der Waals surface area contributed by atoms with Gasteiger partial charge in [-0.15, -0.1) is 0 Å². The smallest absolute Gasteiger partial charge is 0.261 e. The minimum atomic E-state index is -3.71. The van der Waals surface area contributed by atoms with Gasteiger partial charge < -0.3 is 10.5 Å². The van der Waals surface area contributed by atoms with E-state index in [0.29, 0.717) is 34.0 Å². The number of hydrogen-bond acceptors (Lipinski definition) is 7. The quantitative estimate of drug-likeness (QED) is 0.530. The predicted molar refractivity (Wildman–Crippen MR) is 105 cm³/mol. The van der Waals surface area contributed by atoms with E-state index in [-0.39, 0.29) is 4.90 Å². The Labute approximate surface area is 160 Å². The van der Waals surface area contributed by atoms with Crippen molar-refractivity contribution in [1.82, 2.24) is 19.7 Å². The summed E-state index contributed by atoms with van der Waals surface area (Å²) in [5.41, 5.74) is 7.52. The molecule has 0 aliphatic heterocycles. The fourth-order valence-electron chi connectivity index (χ4n) is 2.69. The van der Waals surface area contributed by atoms with Crippen LogP contribution in [0.15, 0.2) is 66.0 Å². The highest BCUT2D eigenvalue weighted by atomic mass is 32.2. The molecule has 0 saturated carbocycles. The number of anilines is 2. The zero-order valence-corrected chi connectivity index (χ0v) is 15.6. The van der Waals surface area contributed by atoms with Crippen molar-refractivity contribution < 1.29 is 13.2 Å². The Balaban J connectivity index is 1.60. The van der Waals surface area contributed by atoms with Gasteiger partial charge in [-0.05, 0) is 48.5 Å². The number of nitrogens with two attached hydrogens (primary N) is 1. The van der Waals surface area contributed by atoms with Crippen LogP contribution in [-0.4, -0.2) is 35.3 Å². The van der Waals surface area contributed by atoms with Crippen LogP contribution in [0.3, 0.4) is 0 Å². The standard InChI is InChI=1S/C18H16N6O3S/c1-27-14-6-8-15(9-7-14)28(25,26)23-12-2-4-13(5-3-12)24-18-16(10-22-24)17(19)20-11-21-18/h2-11,23H,1H3,(H2,19,20,21). The van der Waals surface area contributed by atoms with Crippen LogP contribution in [0.4, 0.5) is 11.5 Å². The SMILES string of the molecule is COc1ccc(S(=O)(=O)Nc2ccc(-n3ncc4c(N)ncnc43)cc2)cc1. The van der Waals surface area contributed by atoms with Gasteiger partial charge in [0.15, 0.2) is 5.65 Å². The molecule has 4 rings (SSSR count). The van der Waals surface area contributed by atoms with E-state index in [4.69, 9.17) is 10.5 Å². The first-order valence-electron chi connectivity index (χ1n) is 8.19. The molecule has 0 atom stereocenters. The zero-order valence-electron chi connectivity index (χ0n) is 14.8. The second-order valence-electron chi connectivity index (χ2n) is 5.88. The maximum absolute atomic E-state index is 12.5. The lowest BCUT2D eigenvalue weighted by Gasteiger charge is -2.10. The molecule has 4 aromatic rings. The summed E-state index contributed by atoms with van der Waals surface area (Å²) in [5, 5.41) is 4.92. The minimum Gasteiger partial charge on any atom is -0.497 e. The summed E-state index contributed by atoms with van der Waals surface area (Å²) in [6, 6.07) is 12.9. The number of fused-ring (bicyclic) bond motifs is 1. The molecule has 2 aromatic heterocycles. The number of nitrogens with zero attached hydrogens (tertiary/aromatic N) is 4. The lowest BCUT2D eigenvalue weighted by Crippen LogP contribution is -2.12. The molecule has 0 spiro atoms. The Morgan fingerprint density at radius 1 is 1.04 bits per heavy atom. The summed E-state index contributed by atoms with van der Waals surface area (Å²) in [5.74, 6) is 0.930. The molecule has 0 amide bonds. The predicted octanol–water partition coefficient (Wildman–Crippen LogP) is 2.21.